The monoisotopic (exact) mass is 330 g/mol. The molecule has 0 aromatic carbocycles. The normalized spacial score (nSPS) is 23.0. The second-order valence-electron chi connectivity index (χ2n) is 5.81. The van der Waals surface area contributed by atoms with E-state index in [2.05, 4.69) is 17.2 Å². The predicted molar refractivity (Wildman–Crippen MR) is 83.9 cm³/mol. The lowest BCUT2D eigenvalue weighted by Gasteiger charge is -2.29. The van der Waals surface area contributed by atoms with Crippen molar-refractivity contribution in [2.75, 3.05) is 5.75 Å². The number of carbonyl (C=O) groups excluding carboxylic acids is 1. The van der Waals surface area contributed by atoms with Crippen LogP contribution in [0.15, 0.2) is 6.20 Å². The summed E-state index contributed by atoms with van der Waals surface area (Å²) in [7, 11) is -3.43. The van der Waals surface area contributed by atoms with Crippen LogP contribution >= 0.6 is 11.3 Å². The molecule has 1 saturated carbocycles. The van der Waals surface area contributed by atoms with Crippen LogP contribution in [0.5, 0.6) is 0 Å². The Bertz CT molecular complexity index is 595. The Morgan fingerprint density at radius 2 is 2.14 bits per heavy atom. The van der Waals surface area contributed by atoms with Gasteiger partial charge in [-0.05, 0) is 25.7 Å². The largest absolute Gasteiger partial charge is 0.352 e. The van der Waals surface area contributed by atoms with Crippen molar-refractivity contribution in [1.82, 2.24) is 10.3 Å². The second-order valence-corrected chi connectivity index (χ2v) is 9.20. The van der Waals surface area contributed by atoms with E-state index < -0.39 is 15.6 Å². The summed E-state index contributed by atoms with van der Waals surface area (Å²) in [5.41, 5.74) is 0. The van der Waals surface area contributed by atoms with Crippen LogP contribution in [0.25, 0.3) is 0 Å². The van der Waals surface area contributed by atoms with Gasteiger partial charge in [0.05, 0.1) is 10.8 Å². The van der Waals surface area contributed by atoms with Crippen molar-refractivity contribution in [2.24, 2.45) is 5.92 Å². The summed E-state index contributed by atoms with van der Waals surface area (Å²) < 4.78 is 24.1. The van der Waals surface area contributed by atoms with Gasteiger partial charge in [0, 0.05) is 17.1 Å². The molecule has 1 N–H and O–H groups in total. The molecule has 5 nitrogen and oxygen atoms in total. The van der Waals surface area contributed by atoms with Crippen LogP contribution in [0.1, 0.15) is 42.5 Å². The van der Waals surface area contributed by atoms with Gasteiger partial charge in [0.1, 0.15) is 5.75 Å². The van der Waals surface area contributed by atoms with E-state index in [1.807, 2.05) is 6.92 Å². The first kappa shape index (κ1) is 16.4. The quantitative estimate of drug-likeness (QED) is 0.896. The molecule has 2 rings (SSSR count). The number of thiazole rings is 1. The highest BCUT2D eigenvalue weighted by Gasteiger charge is 2.25. The second kappa shape index (κ2) is 6.87. The van der Waals surface area contributed by atoms with Crippen LogP contribution in [-0.4, -0.2) is 31.1 Å². The minimum absolute atomic E-state index is 0.105. The van der Waals surface area contributed by atoms with Crippen LogP contribution in [0.2, 0.25) is 0 Å². The molecule has 0 saturated heterocycles. The molecule has 0 aliphatic heterocycles. The summed E-state index contributed by atoms with van der Waals surface area (Å²) in [5, 5.41) is 3.72. The summed E-state index contributed by atoms with van der Waals surface area (Å²) >= 11 is 1.36. The van der Waals surface area contributed by atoms with E-state index in [4.69, 9.17) is 0 Å². The number of rotatable bonds is 5. The summed E-state index contributed by atoms with van der Waals surface area (Å²) in [4.78, 5) is 16.7. The molecule has 1 amide bonds. The third-order valence-corrected chi connectivity index (χ3v) is 6.39. The van der Waals surface area contributed by atoms with Gasteiger partial charge in [0.25, 0.3) is 0 Å². The number of hydrogen-bond acceptors (Lipinski definition) is 5. The van der Waals surface area contributed by atoms with Gasteiger partial charge in [-0.1, -0.05) is 19.8 Å². The lowest BCUT2D eigenvalue weighted by molar-refractivity contribution is -0.119. The van der Waals surface area contributed by atoms with Gasteiger partial charge in [0.15, 0.2) is 9.84 Å². The fourth-order valence-electron chi connectivity index (χ4n) is 2.72. The average molecular weight is 330 g/mol. The highest BCUT2D eigenvalue weighted by atomic mass is 32.2. The van der Waals surface area contributed by atoms with Gasteiger partial charge in [-0.15, -0.1) is 11.3 Å². The maximum Gasteiger partial charge on any atom is 0.235 e. The molecule has 0 unspecified atom stereocenters. The predicted octanol–water partition coefficient (Wildman–Crippen LogP) is 2.06. The number of amides is 1. The highest BCUT2D eigenvalue weighted by Crippen LogP contribution is 2.23. The molecule has 0 spiro atoms. The topological polar surface area (TPSA) is 76.1 Å². The molecule has 0 radical (unpaired) electrons. The minimum Gasteiger partial charge on any atom is -0.352 e. The summed E-state index contributed by atoms with van der Waals surface area (Å²) in [5.74, 6) is -0.496. The molecule has 1 aromatic rings. The smallest absolute Gasteiger partial charge is 0.235 e. The number of sulfone groups is 1. The van der Waals surface area contributed by atoms with Crippen LogP contribution in [-0.2, 0) is 20.4 Å². The molecule has 1 heterocycles. The van der Waals surface area contributed by atoms with Gasteiger partial charge < -0.3 is 5.32 Å². The van der Waals surface area contributed by atoms with Crippen molar-refractivity contribution in [2.45, 2.75) is 51.3 Å². The Kier molecular flexibility index (Phi) is 5.37. The van der Waals surface area contributed by atoms with Crippen molar-refractivity contribution < 1.29 is 13.2 Å². The fraction of sp³-hybridized carbons (Fsp3) is 0.714. The van der Waals surface area contributed by atoms with Gasteiger partial charge >= 0.3 is 0 Å². The fourth-order valence-corrected chi connectivity index (χ4v) is 5.18. The van der Waals surface area contributed by atoms with Gasteiger partial charge in [-0.2, -0.15) is 0 Å². The Morgan fingerprint density at radius 3 is 2.76 bits per heavy atom. The first-order chi connectivity index (χ1) is 9.85. The maximum absolute atomic E-state index is 12.1. The number of nitrogens with zero attached hydrogens (tertiary/aromatic N) is 1. The molecule has 0 bridgehead atoms. The van der Waals surface area contributed by atoms with Crippen molar-refractivity contribution >= 4 is 27.1 Å². The molecular formula is C14H22N2O3S2. The highest BCUT2D eigenvalue weighted by molar-refractivity contribution is 7.91. The van der Waals surface area contributed by atoms with Crippen LogP contribution in [0.3, 0.4) is 0 Å². The third-order valence-electron chi connectivity index (χ3n) is 3.84. The number of nitrogens with one attached hydrogen (secondary N) is 1. The first-order valence-corrected chi connectivity index (χ1v) is 9.90. The molecule has 7 heteroatoms. The van der Waals surface area contributed by atoms with Crippen molar-refractivity contribution in [3.05, 3.63) is 16.1 Å². The maximum atomic E-state index is 12.1. The summed E-state index contributed by atoms with van der Waals surface area (Å²) in [6, 6.07) is 0.118. The molecule has 1 aliphatic carbocycles. The zero-order valence-electron chi connectivity index (χ0n) is 12.5. The van der Waals surface area contributed by atoms with Crippen LogP contribution in [0.4, 0.5) is 0 Å². The Labute approximate surface area is 130 Å². The van der Waals surface area contributed by atoms with E-state index >= 15 is 0 Å². The van der Waals surface area contributed by atoms with E-state index in [-0.39, 0.29) is 17.7 Å². The average Bonchev–Trinajstić information content (AvgIpc) is 2.76. The van der Waals surface area contributed by atoms with E-state index in [1.54, 1.807) is 6.20 Å². The zero-order valence-corrected chi connectivity index (χ0v) is 14.1. The van der Waals surface area contributed by atoms with E-state index in [1.165, 1.54) is 17.8 Å². The van der Waals surface area contributed by atoms with Gasteiger partial charge in [-0.3, -0.25) is 4.79 Å². The molecule has 1 aromatic heterocycles. The van der Waals surface area contributed by atoms with Gasteiger partial charge in [0.2, 0.25) is 5.91 Å². The summed E-state index contributed by atoms with van der Waals surface area (Å²) in [6.45, 7) is 3.94. The van der Waals surface area contributed by atoms with Crippen molar-refractivity contribution in [3.63, 3.8) is 0 Å². The Morgan fingerprint density at radius 1 is 1.43 bits per heavy atom. The number of aryl methyl sites for hydroxylation is 1. The minimum atomic E-state index is -3.43. The van der Waals surface area contributed by atoms with E-state index in [0.717, 1.165) is 24.3 Å². The van der Waals surface area contributed by atoms with Crippen LogP contribution < -0.4 is 5.32 Å². The molecule has 1 aliphatic rings. The lowest BCUT2D eigenvalue weighted by atomic mass is 9.86. The number of carbonyl (C=O) groups is 1. The van der Waals surface area contributed by atoms with Crippen molar-refractivity contribution in [3.8, 4) is 0 Å². The van der Waals surface area contributed by atoms with E-state index in [0.29, 0.717) is 10.8 Å². The van der Waals surface area contributed by atoms with Crippen LogP contribution in [0, 0.1) is 12.8 Å². The molecule has 118 valence electrons. The SMILES string of the molecule is Cc1ncc(CS(=O)(=O)CC(=O)N[C@H]2CCCC[C@@H]2C)s1. The lowest BCUT2D eigenvalue weighted by Crippen LogP contribution is -2.43. The van der Waals surface area contributed by atoms with Gasteiger partial charge in [-0.25, -0.2) is 13.4 Å². The summed E-state index contributed by atoms with van der Waals surface area (Å²) in [6.07, 6.45) is 5.90. The molecule has 21 heavy (non-hydrogen) atoms. The first-order valence-electron chi connectivity index (χ1n) is 7.27. The van der Waals surface area contributed by atoms with E-state index in [9.17, 15) is 13.2 Å². The van der Waals surface area contributed by atoms with Crippen molar-refractivity contribution in [1.29, 1.82) is 0 Å². The Hall–Kier alpha value is -0.950. The molecular weight excluding hydrogens is 308 g/mol. The Balaban J connectivity index is 1.88. The molecule has 1 fully saturated rings. The zero-order chi connectivity index (χ0) is 15.5. The third kappa shape index (κ3) is 5.07. The molecule has 2 atom stereocenters. The standard InChI is InChI=1S/C14H22N2O3S2/c1-10-5-3-4-6-13(10)16-14(17)9-21(18,19)8-12-7-15-11(2)20-12/h7,10,13H,3-6,8-9H2,1-2H3,(H,16,17)/t10-,13-/m0/s1. The number of hydrogen-bond donors (Lipinski definition) is 1. The number of aromatic nitrogens is 1.